The molecular formula is C13H26S. The fourth-order valence-corrected chi connectivity index (χ4v) is 2.46. The van der Waals surface area contributed by atoms with Crippen molar-refractivity contribution in [2.45, 2.75) is 33.1 Å². The number of hydrogen-bond acceptors (Lipinski definition) is 0. The highest BCUT2D eigenvalue weighted by atomic mass is 32.3. The summed E-state index contributed by atoms with van der Waals surface area (Å²) in [6, 6.07) is 0. The standard InChI is InChI=1S/C13H26S/c1-7-14(5,6)11-9-8-10-13(4)12(2)3/h2,4,7-11H2,1,3,5-6H3. The van der Waals surface area contributed by atoms with Crippen LogP contribution in [0.5, 0.6) is 0 Å². The number of rotatable bonds is 7. The van der Waals surface area contributed by atoms with Crippen LogP contribution in [0.15, 0.2) is 24.3 Å². The fraction of sp³-hybridized carbons (Fsp3) is 0.692. The van der Waals surface area contributed by atoms with E-state index in [2.05, 4.69) is 32.6 Å². The third-order valence-electron chi connectivity index (χ3n) is 2.81. The number of allylic oxidation sites excluding steroid dienone is 2. The van der Waals surface area contributed by atoms with Crippen LogP contribution < -0.4 is 0 Å². The summed E-state index contributed by atoms with van der Waals surface area (Å²) in [4.78, 5) is 0. The molecule has 0 fully saturated rings. The van der Waals surface area contributed by atoms with E-state index in [1.165, 1.54) is 29.9 Å². The molecule has 0 aliphatic carbocycles. The molecule has 0 aromatic carbocycles. The molecule has 0 radical (unpaired) electrons. The molecule has 0 atom stereocenters. The van der Waals surface area contributed by atoms with E-state index < -0.39 is 0 Å². The van der Waals surface area contributed by atoms with Gasteiger partial charge in [0.05, 0.1) is 0 Å². The van der Waals surface area contributed by atoms with Gasteiger partial charge in [-0.1, -0.05) is 31.2 Å². The van der Waals surface area contributed by atoms with Gasteiger partial charge in [-0.15, -0.1) is 0 Å². The smallest absolute Gasteiger partial charge is 0.0233 e. The SMILES string of the molecule is C=C(C)C(=C)CCCCS(C)(C)CC. The van der Waals surface area contributed by atoms with E-state index in [9.17, 15) is 0 Å². The van der Waals surface area contributed by atoms with Crippen LogP contribution in [0.3, 0.4) is 0 Å². The fourth-order valence-electron chi connectivity index (χ4n) is 1.19. The van der Waals surface area contributed by atoms with E-state index in [0.717, 1.165) is 12.0 Å². The van der Waals surface area contributed by atoms with Gasteiger partial charge in [0, 0.05) is 0 Å². The Bertz CT molecular complexity index is 201. The minimum atomic E-state index is -0.290. The second kappa shape index (κ2) is 6.34. The van der Waals surface area contributed by atoms with Crippen molar-refractivity contribution in [1.29, 1.82) is 0 Å². The first-order chi connectivity index (χ1) is 6.39. The molecule has 84 valence electrons. The summed E-state index contributed by atoms with van der Waals surface area (Å²) in [5, 5.41) is 0. The van der Waals surface area contributed by atoms with E-state index in [0.29, 0.717) is 0 Å². The van der Waals surface area contributed by atoms with Crippen molar-refractivity contribution in [3.8, 4) is 0 Å². The van der Waals surface area contributed by atoms with Crippen LogP contribution in [0.25, 0.3) is 0 Å². The summed E-state index contributed by atoms with van der Waals surface area (Å²) < 4.78 is 0. The van der Waals surface area contributed by atoms with Gasteiger partial charge in [-0.2, -0.15) is 0 Å². The van der Waals surface area contributed by atoms with Gasteiger partial charge in [-0.05, 0) is 50.2 Å². The van der Waals surface area contributed by atoms with Gasteiger partial charge in [-0.25, -0.2) is 10.0 Å². The van der Waals surface area contributed by atoms with Crippen molar-refractivity contribution in [2.24, 2.45) is 0 Å². The first-order valence-corrected chi connectivity index (χ1v) is 8.20. The van der Waals surface area contributed by atoms with Crippen LogP contribution in [0, 0.1) is 0 Å². The zero-order valence-electron chi connectivity index (χ0n) is 10.4. The summed E-state index contributed by atoms with van der Waals surface area (Å²) in [6.45, 7) is 12.3. The molecule has 0 rings (SSSR count). The lowest BCUT2D eigenvalue weighted by Gasteiger charge is -2.29. The topological polar surface area (TPSA) is 0 Å². The lowest BCUT2D eigenvalue weighted by atomic mass is 10.1. The van der Waals surface area contributed by atoms with E-state index in [1.807, 2.05) is 6.92 Å². The summed E-state index contributed by atoms with van der Waals surface area (Å²) in [7, 11) is -0.290. The van der Waals surface area contributed by atoms with Gasteiger partial charge >= 0.3 is 0 Å². The van der Waals surface area contributed by atoms with Crippen LogP contribution >= 0.6 is 10.0 Å². The second-order valence-corrected chi connectivity index (χ2v) is 9.12. The maximum atomic E-state index is 4.02. The average Bonchev–Trinajstić information content (AvgIpc) is 2.12. The van der Waals surface area contributed by atoms with Gasteiger partial charge in [0.1, 0.15) is 0 Å². The molecule has 1 heteroatoms. The lowest BCUT2D eigenvalue weighted by Crippen LogP contribution is -2.03. The zero-order valence-corrected chi connectivity index (χ0v) is 11.2. The molecule has 0 bridgehead atoms. The molecule has 0 heterocycles. The predicted octanol–water partition coefficient (Wildman–Crippen LogP) is 4.37. The zero-order chi connectivity index (χ0) is 11.2. The molecule has 0 aromatic heterocycles. The minimum Gasteiger partial charge on any atom is -0.247 e. The normalized spacial score (nSPS) is 12.6. The molecule has 0 aliphatic heterocycles. The molecule has 0 spiro atoms. The van der Waals surface area contributed by atoms with Crippen molar-refractivity contribution in [3.05, 3.63) is 24.3 Å². The van der Waals surface area contributed by atoms with Crippen molar-refractivity contribution in [1.82, 2.24) is 0 Å². The Morgan fingerprint density at radius 2 is 1.71 bits per heavy atom. The second-order valence-electron chi connectivity index (χ2n) is 4.60. The minimum absolute atomic E-state index is 0.290. The van der Waals surface area contributed by atoms with Gasteiger partial charge in [0.2, 0.25) is 0 Å². The van der Waals surface area contributed by atoms with Crippen LogP contribution in [0.4, 0.5) is 0 Å². The highest BCUT2D eigenvalue weighted by Gasteiger charge is 2.07. The molecule has 0 nitrogen and oxygen atoms in total. The highest BCUT2D eigenvalue weighted by Crippen LogP contribution is 2.40. The maximum absolute atomic E-state index is 4.02. The van der Waals surface area contributed by atoms with E-state index >= 15 is 0 Å². The van der Waals surface area contributed by atoms with Gasteiger partial charge in [-0.3, -0.25) is 0 Å². The largest absolute Gasteiger partial charge is 0.247 e. The van der Waals surface area contributed by atoms with Crippen LogP contribution in [-0.4, -0.2) is 24.0 Å². The lowest BCUT2D eigenvalue weighted by molar-refractivity contribution is 0.798. The van der Waals surface area contributed by atoms with Crippen molar-refractivity contribution in [3.63, 3.8) is 0 Å². The molecule has 0 saturated heterocycles. The Labute approximate surface area is 91.8 Å². The molecule has 14 heavy (non-hydrogen) atoms. The highest BCUT2D eigenvalue weighted by molar-refractivity contribution is 8.32. The van der Waals surface area contributed by atoms with Crippen LogP contribution in [-0.2, 0) is 0 Å². The summed E-state index contributed by atoms with van der Waals surface area (Å²) in [5.74, 6) is 2.77. The third kappa shape index (κ3) is 6.31. The first kappa shape index (κ1) is 13.8. The molecule has 0 saturated carbocycles. The van der Waals surface area contributed by atoms with Crippen LogP contribution in [0.1, 0.15) is 33.1 Å². The monoisotopic (exact) mass is 214 g/mol. The number of unbranched alkanes of at least 4 members (excludes halogenated alkanes) is 1. The molecule has 0 unspecified atom stereocenters. The molecule has 0 N–H and O–H groups in total. The van der Waals surface area contributed by atoms with Gasteiger partial charge in [0.15, 0.2) is 0 Å². The Balaban J connectivity index is 3.57. The average molecular weight is 214 g/mol. The Kier molecular flexibility index (Phi) is 6.26. The van der Waals surface area contributed by atoms with Crippen LogP contribution in [0.2, 0.25) is 0 Å². The molecule has 0 aliphatic rings. The van der Waals surface area contributed by atoms with E-state index in [-0.39, 0.29) is 10.0 Å². The predicted molar refractivity (Wildman–Crippen MR) is 72.7 cm³/mol. The van der Waals surface area contributed by atoms with Gasteiger partial charge < -0.3 is 0 Å². The van der Waals surface area contributed by atoms with Gasteiger partial charge in [0.25, 0.3) is 0 Å². The van der Waals surface area contributed by atoms with Crippen molar-refractivity contribution in [2.75, 3.05) is 24.0 Å². The molecule has 0 amide bonds. The Hall–Kier alpha value is -0.170. The third-order valence-corrected chi connectivity index (χ3v) is 5.77. The molecule has 0 aromatic rings. The van der Waals surface area contributed by atoms with E-state index in [1.54, 1.807) is 0 Å². The summed E-state index contributed by atoms with van der Waals surface area (Å²) in [6.07, 6.45) is 8.63. The van der Waals surface area contributed by atoms with Crippen molar-refractivity contribution >= 4 is 10.0 Å². The Morgan fingerprint density at radius 3 is 2.14 bits per heavy atom. The summed E-state index contributed by atoms with van der Waals surface area (Å²) >= 11 is 0. The van der Waals surface area contributed by atoms with E-state index in [4.69, 9.17) is 0 Å². The first-order valence-electron chi connectivity index (χ1n) is 5.41. The maximum Gasteiger partial charge on any atom is -0.0233 e. The summed E-state index contributed by atoms with van der Waals surface area (Å²) in [5.41, 5.74) is 2.38. The number of hydrogen-bond donors (Lipinski definition) is 0. The quantitative estimate of drug-likeness (QED) is 0.436. The Morgan fingerprint density at radius 1 is 1.14 bits per heavy atom. The molecular weight excluding hydrogens is 188 g/mol. The van der Waals surface area contributed by atoms with Crippen molar-refractivity contribution < 1.29 is 0 Å².